The predicted octanol–water partition coefficient (Wildman–Crippen LogP) is 2.59. The fourth-order valence-corrected chi connectivity index (χ4v) is 3.25. The number of hydrogen-bond donors (Lipinski definition) is 1. The van der Waals surface area contributed by atoms with E-state index in [2.05, 4.69) is 25.3 Å². The molecule has 2 aromatic heterocycles. The molecule has 1 N–H and O–H groups in total. The van der Waals surface area contributed by atoms with E-state index in [-0.39, 0.29) is 11.7 Å². The average molecular weight is 336 g/mol. The van der Waals surface area contributed by atoms with Crippen LogP contribution in [0.2, 0.25) is 0 Å². The largest absolute Gasteiger partial charge is 0.370 e. The van der Waals surface area contributed by atoms with E-state index in [1.807, 2.05) is 44.2 Å². The molecule has 1 aromatic carbocycles. The topological polar surface area (TPSA) is 75.4 Å². The Morgan fingerprint density at radius 1 is 1.12 bits per heavy atom. The van der Waals surface area contributed by atoms with Crippen LogP contribution in [0.15, 0.2) is 30.3 Å². The number of aryl methyl sites for hydroxylation is 2. The number of rotatable bonds is 3. The summed E-state index contributed by atoms with van der Waals surface area (Å²) in [7, 11) is 0. The van der Waals surface area contributed by atoms with E-state index in [9.17, 15) is 4.79 Å². The van der Waals surface area contributed by atoms with Crippen molar-refractivity contribution >= 4 is 23.1 Å². The Morgan fingerprint density at radius 2 is 1.88 bits per heavy atom. The Bertz CT molecular complexity index is 942. The minimum atomic E-state index is -0.325. The van der Waals surface area contributed by atoms with Crippen molar-refractivity contribution in [3.8, 4) is 0 Å². The van der Waals surface area contributed by atoms with E-state index < -0.39 is 0 Å². The van der Waals surface area contributed by atoms with Crippen molar-refractivity contribution < 1.29 is 4.79 Å². The van der Waals surface area contributed by atoms with Gasteiger partial charge in [0.2, 0.25) is 5.82 Å². The first-order chi connectivity index (χ1) is 12.1. The molecule has 7 nitrogen and oxygen atoms in total. The zero-order chi connectivity index (χ0) is 17.4. The summed E-state index contributed by atoms with van der Waals surface area (Å²) in [6, 6.07) is 9.76. The number of anilines is 2. The lowest BCUT2D eigenvalue weighted by Gasteiger charge is -2.21. The second kappa shape index (κ2) is 6.16. The lowest BCUT2D eigenvalue weighted by Crippen LogP contribution is -2.21. The quantitative estimate of drug-likeness (QED) is 0.796. The summed E-state index contributed by atoms with van der Waals surface area (Å²) in [4.78, 5) is 23.5. The first kappa shape index (κ1) is 15.6. The summed E-state index contributed by atoms with van der Waals surface area (Å²) in [5.74, 6) is 0.238. The first-order valence-electron chi connectivity index (χ1n) is 8.48. The maximum Gasteiger partial charge on any atom is 0.295 e. The summed E-state index contributed by atoms with van der Waals surface area (Å²) in [6.07, 6.45) is 2.36. The van der Waals surface area contributed by atoms with Gasteiger partial charge in [0.1, 0.15) is 0 Å². The van der Waals surface area contributed by atoms with Crippen LogP contribution in [0.1, 0.15) is 34.8 Å². The molecular weight excluding hydrogens is 316 g/mol. The lowest BCUT2D eigenvalue weighted by molar-refractivity contribution is 0.101. The third kappa shape index (κ3) is 2.93. The molecule has 7 heteroatoms. The van der Waals surface area contributed by atoms with Gasteiger partial charge in [-0.25, -0.2) is 9.50 Å². The van der Waals surface area contributed by atoms with Crippen LogP contribution in [0, 0.1) is 13.8 Å². The molecule has 1 aliphatic heterocycles. The molecule has 25 heavy (non-hydrogen) atoms. The van der Waals surface area contributed by atoms with Gasteiger partial charge in [-0.2, -0.15) is 4.98 Å². The van der Waals surface area contributed by atoms with E-state index in [1.54, 1.807) is 4.52 Å². The van der Waals surface area contributed by atoms with Gasteiger partial charge < -0.3 is 10.2 Å². The SMILES string of the molecule is Cc1cc(C)n2nc(C(=O)Nc3ccccc3N3CCCC3)nc2n1. The zero-order valence-corrected chi connectivity index (χ0v) is 14.4. The summed E-state index contributed by atoms with van der Waals surface area (Å²) >= 11 is 0. The Labute approximate surface area is 145 Å². The van der Waals surface area contributed by atoms with Crippen LogP contribution in [-0.2, 0) is 0 Å². The number of hydrogen-bond acceptors (Lipinski definition) is 5. The van der Waals surface area contributed by atoms with Gasteiger partial charge in [-0.15, -0.1) is 5.10 Å². The highest BCUT2D eigenvalue weighted by Crippen LogP contribution is 2.28. The van der Waals surface area contributed by atoms with Crippen molar-refractivity contribution in [3.05, 3.63) is 47.5 Å². The Balaban J connectivity index is 1.63. The normalized spacial score (nSPS) is 14.2. The van der Waals surface area contributed by atoms with E-state index in [0.717, 1.165) is 35.9 Å². The Hall–Kier alpha value is -2.96. The number of aromatic nitrogens is 4. The lowest BCUT2D eigenvalue weighted by atomic mass is 10.2. The van der Waals surface area contributed by atoms with E-state index >= 15 is 0 Å². The van der Waals surface area contributed by atoms with Gasteiger partial charge in [-0.1, -0.05) is 12.1 Å². The molecule has 0 spiro atoms. The van der Waals surface area contributed by atoms with Crippen molar-refractivity contribution in [3.63, 3.8) is 0 Å². The summed E-state index contributed by atoms with van der Waals surface area (Å²) in [5.41, 5.74) is 3.58. The molecule has 0 bridgehead atoms. The number of nitrogens with zero attached hydrogens (tertiary/aromatic N) is 5. The van der Waals surface area contributed by atoms with Crippen LogP contribution < -0.4 is 10.2 Å². The molecule has 1 amide bonds. The van der Waals surface area contributed by atoms with Gasteiger partial charge in [0.25, 0.3) is 11.7 Å². The van der Waals surface area contributed by atoms with E-state index in [4.69, 9.17) is 0 Å². The van der Waals surface area contributed by atoms with E-state index in [1.165, 1.54) is 12.8 Å². The first-order valence-corrected chi connectivity index (χ1v) is 8.48. The molecule has 0 aliphatic carbocycles. The van der Waals surface area contributed by atoms with Crippen molar-refractivity contribution in [1.82, 2.24) is 19.6 Å². The number of amides is 1. The molecule has 0 unspecified atom stereocenters. The Kier molecular flexibility index (Phi) is 3.83. The van der Waals surface area contributed by atoms with Crippen molar-refractivity contribution in [2.75, 3.05) is 23.3 Å². The third-order valence-corrected chi connectivity index (χ3v) is 4.42. The van der Waals surface area contributed by atoms with Gasteiger partial charge in [-0.05, 0) is 44.9 Å². The number of nitrogens with one attached hydrogen (secondary N) is 1. The van der Waals surface area contributed by atoms with Crippen molar-refractivity contribution in [2.45, 2.75) is 26.7 Å². The molecule has 0 radical (unpaired) electrons. The molecule has 3 heterocycles. The number of carbonyl (C=O) groups excluding carboxylic acids is 1. The Morgan fingerprint density at radius 3 is 2.68 bits per heavy atom. The number of carbonyl (C=O) groups is 1. The van der Waals surface area contributed by atoms with Crippen LogP contribution >= 0.6 is 0 Å². The second-order valence-electron chi connectivity index (χ2n) is 6.35. The van der Waals surface area contributed by atoms with Crippen LogP contribution in [0.25, 0.3) is 5.78 Å². The predicted molar refractivity (Wildman–Crippen MR) is 96.1 cm³/mol. The van der Waals surface area contributed by atoms with Crippen LogP contribution in [0.4, 0.5) is 11.4 Å². The molecule has 3 aromatic rings. The fourth-order valence-electron chi connectivity index (χ4n) is 3.25. The highest BCUT2D eigenvalue weighted by Gasteiger charge is 2.19. The molecule has 0 atom stereocenters. The standard InChI is InChI=1S/C18H20N6O/c1-12-11-13(2)24-18(19-12)21-16(22-24)17(25)20-14-7-3-4-8-15(14)23-9-5-6-10-23/h3-4,7-8,11H,5-6,9-10H2,1-2H3,(H,20,25). The smallest absolute Gasteiger partial charge is 0.295 e. The minimum absolute atomic E-state index is 0.123. The molecule has 1 fully saturated rings. The van der Waals surface area contributed by atoms with Crippen LogP contribution in [-0.4, -0.2) is 38.6 Å². The molecule has 1 saturated heterocycles. The van der Waals surface area contributed by atoms with Gasteiger partial charge in [0.15, 0.2) is 0 Å². The van der Waals surface area contributed by atoms with Crippen LogP contribution in [0.3, 0.4) is 0 Å². The van der Waals surface area contributed by atoms with Gasteiger partial charge in [-0.3, -0.25) is 4.79 Å². The number of para-hydroxylation sites is 2. The summed E-state index contributed by atoms with van der Waals surface area (Å²) in [5, 5.41) is 7.25. The van der Waals surface area contributed by atoms with Gasteiger partial charge >= 0.3 is 0 Å². The fraction of sp³-hybridized carbons (Fsp3) is 0.333. The third-order valence-electron chi connectivity index (χ3n) is 4.42. The van der Waals surface area contributed by atoms with Crippen molar-refractivity contribution in [2.24, 2.45) is 0 Å². The maximum atomic E-state index is 12.7. The van der Waals surface area contributed by atoms with Crippen molar-refractivity contribution in [1.29, 1.82) is 0 Å². The summed E-state index contributed by atoms with van der Waals surface area (Å²) in [6.45, 7) is 5.85. The molecule has 1 aliphatic rings. The average Bonchev–Trinajstić information content (AvgIpc) is 3.24. The molecular formula is C18H20N6O. The van der Waals surface area contributed by atoms with Gasteiger partial charge in [0, 0.05) is 24.5 Å². The van der Waals surface area contributed by atoms with E-state index in [0.29, 0.717) is 5.78 Å². The highest BCUT2D eigenvalue weighted by molar-refractivity contribution is 6.03. The summed E-state index contributed by atoms with van der Waals surface area (Å²) < 4.78 is 1.59. The maximum absolute atomic E-state index is 12.7. The number of fused-ring (bicyclic) bond motifs is 1. The number of benzene rings is 1. The molecule has 128 valence electrons. The highest BCUT2D eigenvalue weighted by atomic mass is 16.2. The van der Waals surface area contributed by atoms with Gasteiger partial charge in [0.05, 0.1) is 11.4 Å². The second-order valence-corrected chi connectivity index (χ2v) is 6.35. The molecule has 0 saturated carbocycles. The molecule has 4 rings (SSSR count). The monoisotopic (exact) mass is 336 g/mol. The minimum Gasteiger partial charge on any atom is -0.370 e. The zero-order valence-electron chi connectivity index (χ0n) is 14.4. The van der Waals surface area contributed by atoms with Crippen LogP contribution in [0.5, 0.6) is 0 Å².